The molecule has 0 N–H and O–H groups in total. The summed E-state index contributed by atoms with van der Waals surface area (Å²) >= 11 is 11.8. The van der Waals surface area contributed by atoms with Gasteiger partial charge in [0.15, 0.2) is 0 Å². The lowest BCUT2D eigenvalue weighted by atomic mass is 10.1. The van der Waals surface area contributed by atoms with Gasteiger partial charge in [-0.2, -0.15) is 0 Å². The molecule has 0 heterocycles. The van der Waals surface area contributed by atoms with Crippen molar-refractivity contribution in [1.29, 1.82) is 0 Å². The highest BCUT2D eigenvalue weighted by molar-refractivity contribution is 6.44. The van der Waals surface area contributed by atoms with E-state index in [2.05, 4.69) is 13.2 Å². The van der Waals surface area contributed by atoms with E-state index in [1.807, 2.05) is 0 Å². The lowest BCUT2D eigenvalue weighted by molar-refractivity contribution is 0.0503. The van der Waals surface area contributed by atoms with Crippen molar-refractivity contribution in [3.63, 3.8) is 0 Å². The normalized spacial score (nSPS) is 9.70. The zero-order valence-corrected chi connectivity index (χ0v) is 12.0. The van der Waals surface area contributed by atoms with E-state index in [1.165, 1.54) is 24.3 Å². The Balaban J connectivity index is 3.20. The monoisotopic (exact) mass is 314 g/mol. The van der Waals surface area contributed by atoms with Gasteiger partial charge in [-0.05, 0) is 12.1 Å². The van der Waals surface area contributed by atoms with Crippen LogP contribution in [0.4, 0.5) is 0 Å². The molecule has 0 radical (unpaired) electrons. The lowest BCUT2D eigenvalue weighted by Crippen LogP contribution is -2.15. The molecule has 0 bridgehead atoms. The second-order valence-corrected chi connectivity index (χ2v) is 4.34. The highest BCUT2D eigenvalue weighted by Gasteiger charge is 2.24. The van der Waals surface area contributed by atoms with Gasteiger partial charge in [0, 0.05) is 0 Å². The zero-order valence-electron chi connectivity index (χ0n) is 10.5. The number of rotatable bonds is 6. The molecule has 106 valence electrons. The molecule has 0 spiro atoms. The van der Waals surface area contributed by atoms with E-state index in [4.69, 9.17) is 32.7 Å². The molecule has 0 aliphatic rings. The molecule has 0 aromatic heterocycles. The molecule has 0 amide bonds. The van der Waals surface area contributed by atoms with Gasteiger partial charge in [0.2, 0.25) is 0 Å². The molecule has 0 atom stereocenters. The Morgan fingerprint density at radius 1 is 1.05 bits per heavy atom. The maximum atomic E-state index is 11.9. The van der Waals surface area contributed by atoms with Crippen LogP contribution in [0.1, 0.15) is 20.7 Å². The summed E-state index contributed by atoms with van der Waals surface area (Å²) < 4.78 is 9.76. The molecule has 1 aromatic carbocycles. The van der Waals surface area contributed by atoms with Crippen molar-refractivity contribution in [3.8, 4) is 0 Å². The molecular weight excluding hydrogens is 303 g/mol. The third kappa shape index (κ3) is 3.85. The summed E-state index contributed by atoms with van der Waals surface area (Å²) in [5.74, 6) is -1.49. The number of benzene rings is 1. The van der Waals surface area contributed by atoms with Gasteiger partial charge in [-0.25, -0.2) is 9.59 Å². The average Bonchev–Trinajstić information content (AvgIpc) is 2.44. The Hall–Kier alpha value is -1.78. The van der Waals surface area contributed by atoms with Crippen LogP contribution in [0.3, 0.4) is 0 Å². The van der Waals surface area contributed by atoms with Gasteiger partial charge in [0.1, 0.15) is 13.2 Å². The fraction of sp³-hybridized carbons (Fsp3) is 0.143. The van der Waals surface area contributed by atoms with Gasteiger partial charge >= 0.3 is 11.9 Å². The van der Waals surface area contributed by atoms with Gasteiger partial charge in [-0.1, -0.05) is 48.5 Å². The molecule has 20 heavy (non-hydrogen) atoms. The Morgan fingerprint density at radius 3 is 2.15 bits per heavy atom. The third-order valence-corrected chi connectivity index (χ3v) is 2.99. The van der Waals surface area contributed by atoms with Crippen LogP contribution in [0, 0.1) is 0 Å². The van der Waals surface area contributed by atoms with Crippen LogP contribution in [0.2, 0.25) is 10.0 Å². The molecule has 0 saturated heterocycles. The van der Waals surface area contributed by atoms with E-state index in [9.17, 15) is 9.59 Å². The van der Waals surface area contributed by atoms with E-state index < -0.39 is 11.9 Å². The van der Waals surface area contributed by atoms with E-state index in [1.54, 1.807) is 0 Å². The Labute approximate surface area is 126 Å². The quantitative estimate of drug-likeness (QED) is 0.593. The van der Waals surface area contributed by atoms with E-state index in [0.29, 0.717) is 0 Å². The fourth-order valence-electron chi connectivity index (χ4n) is 1.34. The maximum Gasteiger partial charge on any atom is 0.340 e. The standard InChI is InChI=1S/C14H12Cl2O4/c1-3-7-19-13(17)9-5-6-10(15)12(16)11(9)14(18)20-8-4-2/h3-6H,1-2,7-8H2. The fourth-order valence-corrected chi connectivity index (χ4v) is 1.74. The molecular formula is C14H12Cl2O4. The molecule has 1 aromatic rings. The Kier molecular flexibility index (Phi) is 6.28. The predicted octanol–water partition coefficient (Wildman–Crippen LogP) is 3.68. The van der Waals surface area contributed by atoms with Gasteiger partial charge < -0.3 is 9.47 Å². The first kappa shape index (κ1) is 16.3. The highest BCUT2D eigenvalue weighted by atomic mass is 35.5. The first-order valence-corrected chi connectivity index (χ1v) is 6.32. The lowest BCUT2D eigenvalue weighted by Gasteiger charge is -2.11. The smallest absolute Gasteiger partial charge is 0.340 e. The highest BCUT2D eigenvalue weighted by Crippen LogP contribution is 2.29. The minimum Gasteiger partial charge on any atom is -0.458 e. The largest absolute Gasteiger partial charge is 0.458 e. The van der Waals surface area contributed by atoms with Gasteiger partial charge in [-0.3, -0.25) is 0 Å². The van der Waals surface area contributed by atoms with E-state index in [0.717, 1.165) is 0 Å². The zero-order chi connectivity index (χ0) is 15.1. The maximum absolute atomic E-state index is 11.9. The Morgan fingerprint density at radius 2 is 1.60 bits per heavy atom. The van der Waals surface area contributed by atoms with E-state index >= 15 is 0 Å². The topological polar surface area (TPSA) is 52.6 Å². The van der Waals surface area contributed by atoms with Crippen molar-refractivity contribution in [2.75, 3.05) is 13.2 Å². The van der Waals surface area contributed by atoms with Crippen LogP contribution in [0.5, 0.6) is 0 Å². The number of esters is 2. The molecule has 1 rings (SSSR count). The first-order chi connectivity index (χ1) is 9.52. The number of hydrogen-bond donors (Lipinski definition) is 0. The van der Waals surface area contributed by atoms with E-state index in [-0.39, 0.29) is 34.4 Å². The minimum absolute atomic E-state index is 0.0111. The van der Waals surface area contributed by atoms with Crippen LogP contribution in [-0.4, -0.2) is 25.2 Å². The van der Waals surface area contributed by atoms with Crippen LogP contribution in [-0.2, 0) is 9.47 Å². The number of carbonyl (C=O) groups excluding carboxylic acids is 2. The molecule has 0 aliphatic heterocycles. The number of ether oxygens (including phenoxy) is 2. The van der Waals surface area contributed by atoms with Crippen LogP contribution in [0.25, 0.3) is 0 Å². The Bertz CT molecular complexity index is 552. The molecule has 6 heteroatoms. The summed E-state index contributed by atoms with van der Waals surface area (Å²) in [5.41, 5.74) is -0.148. The molecule has 0 saturated carbocycles. The number of halogens is 2. The predicted molar refractivity (Wildman–Crippen MR) is 77.4 cm³/mol. The van der Waals surface area contributed by atoms with Gasteiger partial charge in [-0.15, -0.1) is 0 Å². The van der Waals surface area contributed by atoms with Gasteiger partial charge in [0.25, 0.3) is 0 Å². The first-order valence-electron chi connectivity index (χ1n) is 5.57. The molecule has 0 aliphatic carbocycles. The molecule has 4 nitrogen and oxygen atoms in total. The van der Waals surface area contributed by atoms with Gasteiger partial charge in [0.05, 0.1) is 21.2 Å². The summed E-state index contributed by atoms with van der Waals surface area (Å²) in [6.45, 7) is 6.86. The third-order valence-electron chi connectivity index (χ3n) is 2.18. The summed E-state index contributed by atoms with van der Waals surface area (Å²) in [7, 11) is 0. The summed E-state index contributed by atoms with van der Waals surface area (Å²) in [6, 6.07) is 2.75. The van der Waals surface area contributed by atoms with Crippen LogP contribution in [0.15, 0.2) is 37.4 Å². The number of hydrogen-bond acceptors (Lipinski definition) is 4. The second kappa shape index (κ2) is 7.72. The number of carbonyl (C=O) groups is 2. The minimum atomic E-state index is -0.775. The van der Waals surface area contributed by atoms with Crippen molar-refractivity contribution in [2.45, 2.75) is 0 Å². The summed E-state index contributed by atoms with van der Waals surface area (Å²) in [5, 5.41) is 0.0753. The molecule has 0 fully saturated rings. The summed E-state index contributed by atoms with van der Waals surface area (Å²) in [4.78, 5) is 23.8. The SMILES string of the molecule is C=CCOC(=O)c1ccc(Cl)c(Cl)c1C(=O)OCC=C. The van der Waals surface area contributed by atoms with Crippen molar-refractivity contribution in [2.24, 2.45) is 0 Å². The van der Waals surface area contributed by atoms with Crippen molar-refractivity contribution in [3.05, 3.63) is 58.6 Å². The average molecular weight is 315 g/mol. The van der Waals surface area contributed by atoms with Crippen molar-refractivity contribution < 1.29 is 19.1 Å². The second-order valence-electron chi connectivity index (χ2n) is 3.56. The molecule has 0 unspecified atom stereocenters. The van der Waals surface area contributed by atoms with Crippen molar-refractivity contribution in [1.82, 2.24) is 0 Å². The van der Waals surface area contributed by atoms with Crippen LogP contribution >= 0.6 is 23.2 Å². The van der Waals surface area contributed by atoms with Crippen molar-refractivity contribution >= 4 is 35.1 Å². The van der Waals surface area contributed by atoms with Crippen LogP contribution < -0.4 is 0 Å². The summed E-state index contributed by atoms with van der Waals surface area (Å²) in [6.07, 6.45) is 2.80.